The lowest BCUT2D eigenvalue weighted by molar-refractivity contribution is -0.121. The number of likely N-dealkylation sites (N-methyl/N-ethyl adjacent to an activating group) is 1. The van der Waals surface area contributed by atoms with Crippen molar-refractivity contribution in [2.75, 3.05) is 18.6 Å². The summed E-state index contributed by atoms with van der Waals surface area (Å²) in [5.74, 6) is -0.897. The predicted molar refractivity (Wildman–Crippen MR) is 98.7 cm³/mol. The molecule has 0 bridgehead atoms. The Balaban J connectivity index is 1.64. The second-order valence-corrected chi connectivity index (χ2v) is 5.82. The van der Waals surface area contributed by atoms with Crippen molar-refractivity contribution >= 4 is 23.5 Å². The first-order valence-electron chi connectivity index (χ1n) is 8.41. The quantitative estimate of drug-likeness (QED) is 0.630. The molecule has 0 aliphatic heterocycles. The van der Waals surface area contributed by atoms with Crippen molar-refractivity contribution in [1.82, 2.24) is 5.32 Å². The van der Waals surface area contributed by atoms with E-state index in [9.17, 15) is 14.4 Å². The number of amides is 2. The Kier molecular flexibility index (Phi) is 5.91. The molecule has 8 heteroatoms. The van der Waals surface area contributed by atoms with Crippen molar-refractivity contribution in [2.45, 2.75) is 6.54 Å². The number of carbonyl (C=O) groups excluding carboxylic acids is 3. The highest BCUT2D eigenvalue weighted by molar-refractivity contribution is 6.05. The molecular weight excluding hydrogens is 364 g/mol. The predicted octanol–water partition coefficient (Wildman–Crippen LogP) is 2.62. The van der Waals surface area contributed by atoms with Crippen LogP contribution in [0.15, 0.2) is 70.1 Å². The van der Waals surface area contributed by atoms with Gasteiger partial charge in [0, 0.05) is 7.05 Å². The minimum Gasteiger partial charge on any atom is -0.472 e. The number of hydrogen-bond acceptors (Lipinski definition) is 6. The van der Waals surface area contributed by atoms with Gasteiger partial charge in [0.2, 0.25) is 0 Å². The van der Waals surface area contributed by atoms with Crippen LogP contribution in [-0.4, -0.2) is 31.4 Å². The zero-order chi connectivity index (χ0) is 19.9. The fraction of sp³-hybridized carbons (Fsp3) is 0.150. The molecule has 0 unspecified atom stereocenters. The molecular formula is C20H18N2O6. The molecule has 0 fully saturated rings. The molecule has 0 spiro atoms. The maximum absolute atomic E-state index is 12.5. The number of nitrogens with zero attached hydrogens (tertiary/aromatic N) is 1. The minimum atomic E-state index is -0.667. The van der Waals surface area contributed by atoms with E-state index in [2.05, 4.69) is 5.32 Å². The van der Waals surface area contributed by atoms with Crippen molar-refractivity contribution in [3.8, 4) is 0 Å². The fourth-order valence-electron chi connectivity index (χ4n) is 2.46. The van der Waals surface area contributed by atoms with Gasteiger partial charge in [-0.25, -0.2) is 4.79 Å². The molecule has 3 aromatic rings. The normalized spacial score (nSPS) is 10.3. The van der Waals surface area contributed by atoms with Crippen LogP contribution in [0.3, 0.4) is 0 Å². The van der Waals surface area contributed by atoms with E-state index in [0.717, 1.165) is 0 Å². The molecule has 2 aromatic heterocycles. The van der Waals surface area contributed by atoms with E-state index >= 15 is 0 Å². The van der Waals surface area contributed by atoms with E-state index in [4.69, 9.17) is 13.6 Å². The van der Waals surface area contributed by atoms with Crippen LogP contribution in [0.25, 0.3) is 0 Å². The van der Waals surface area contributed by atoms with Crippen LogP contribution in [0.5, 0.6) is 0 Å². The van der Waals surface area contributed by atoms with Gasteiger partial charge in [-0.2, -0.15) is 0 Å². The lowest BCUT2D eigenvalue weighted by Gasteiger charge is -2.20. The molecule has 3 rings (SSSR count). The Bertz CT molecular complexity index is 947. The summed E-state index contributed by atoms with van der Waals surface area (Å²) in [6, 6.07) is 11.6. The molecule has 28 heavy (non-hydrogen) atoms. The van der Waals surface area contributed by atoms with Crippen molar-refractivity contribution in [1.29, 1.82) is 0 Å². The van der Waals surface area contributed by atoms with E-state index in [1.54, 1.807) is 36.4 Å². The Hall–Kier alpha value is -3.81. The molecule has 8 nitrogen and oxygen atoms in total. The number of benzene rings is 1. The zero-order valence-corrected chi connectivity index (χ0v) is 15.1. The molecule has 1 aromatic carbocycles. The topological polar surface area (TPSA) is 102 Å². The van der Waals surface area contributed by atoms with E-state index in [0.29, 0.717) is 17.0 Å². The maximum Gasteiger partial charge on any atom is 0.341 e. The van der Waals surface area contributed by atoms with Gasteiger partial charge in [-0.3, -0.25) is 9.59 Å². The van der Waals surface area contributed by atoms with E-state index < -0.39 is 18.5 Å². The summed E-state index contributed by atoms with van der Waals surface area (Å²) in [7, 11) is 1.51. The minimum absolute atomic E-state index is 0.216. The van der Waals surface area contributed by atoms with E-state index in [1.807, 2.05) is 0 Å². The highest BCUT2D eigenvalue weighted by atomic mass is 16.5. The van der Waals surface area contributed by atoms with Crippen LogP contribution in [0, 0.1) is 0 Å². The lowest BCUT2D eigenvalue weighted by Crippen LogP contribution is -2.33. The summed E-state index contributed by atoms with van der Waals surface area (Å²) in [5.41, 5.74) is 0.919. The third-order valence-corrected chi connectivity index (χ3v) is 3.97. The molecule has 2 amide bonds. The van der Waals surface area contributed by atoms with Gasteiger partial charge in [0.15, 0.2) is 6.61 Å². The summed E-state index contributed by atoms with van der Waals surface area (Å²) in [6.07, 6.45) is 4.09. The molecule has 1 N–H and O–H groups in total. The number of carbonyl (C=O) groups is 3. The van der Waals surface area contributed by atoms with Crippen molar-refractivity contribution in [2.24, 2.45) is 0 Å². The number of esters is 1. The van der Waals surface area contributed by atoms with Crippen LogP contribution >= 0.6 is 0 Å². The number of anilines is 1. The van der Waals surface area contributed by atoms with Crippen LogP contribution in [0.1, 0.15) is 26.5 Å². The Labute approximate surface area is 160 Å². The fourth-order valence-corrected chi connectivity index (χ4v) is 2.46. The van der Waals surface area contributed by atoms with Crippen LogP contribution < -0.4 is 10.2 Å². The van der Waals surface area contributed by atoms with Gasteiger partial charge in [-0.1, -0.05) is 12.1 Å². The van der Waals surface area contributed by atoms with Gasteiger partial charge in [0.25, 0.3) is 11.8 Å². The van der Waals surface area contributed by atoms with Crippen LogP contribution in [-0.2, 0) is 16.1 Å². The average molecular weight is 382 g/mol. The first kappa shape index (κ1) is 19.0. The Morgan fingerprint density at radius 1 is 1.07 bits per heavy atom. The van der Waals surface area contributed by atoms with Crippen LogP contribution in [0.4, 0.5) is 5.69 Å². The molecule has 0 radical (unpaired) electrons. The van der Waals surface area contributed by atoms with Crippen molar-refractivity contribution in [3.63, 3.8) is 0 Å². The third-order valence-electron chi connectivity index (χ3n) is 3.97. The van der Waals surface area contributed by atoms with Gasteiger partial charge in [-0.15, -0.1) is 0 Å². The number of hydrogen-bond donors (Lipinski definition) is 1. The number of nitrogens with one attached hydrogen (secondary N) is 1. The lowest BCUT2D eigenvalue weighted by atomic mass is 10.1. The number of ether oxygens (including phenoxy) is 1. The molecule has 2 heterocycles. The number of rotatable bonds is 7. The summed E-state index contributed by atoms with van der Waals surface area (Å²) in [5, 5.41) is 2.74. The summed E-state index contributed by atoms with van der Waals surface area (Å²) in [4.78, 5) is 38.0. The van der Waals surface area contributed by atoms with Crippen molar-refractivity contribution < 1.29 is 28.0 Å². The Morgan fingerprint density at radius 2 is 1.89 bits per heavy atom. The van der Waals surface area contributed by atoms with Gasteiger partial charge in [0.1, 0.15) is 12.0 Å². The summed E-state index contributed by atoms with van der Waals surface area (Å²) >= 11 is 0. The second-order valence-electron chi connectivity index (χ2n) is 5.82. The highest BCUT2D eigenvalue weighted by Crippen LogP contribution is 2.20. The van der Waals surface area contributed by atoms with Gasteiger partial charge >= 0.3 is 5.97 Å². The summed E-state index contributed by atoms with van der Waals surface area (Å²) < 4.78 is 15.0. The van der Waals surface area contributed by atoms with E-state index in [-0.39, 0.29) is 18.0 Å². The first-order chi connectivity index (χ1) is 13.6. The summed E-state index contributed by atoms with van der Waals surface area (Å²) in [6.45, 7) is -0.247. The molecule has 144 valence electrons. The molecule has 0 saturated carbocycles. The molecule has 0 atom stereocenters. The first-order valence-corrected chi connectivity index (χ1v) is 8.41. The highest BCUT2D eigenvalue weighted by Gasteiger charge is 2.20. The standard InChI is InChI=1S/C20H18N2O6/c1-22(18(23)13-28-20(25)14-8-10-26-12-14)17-7-3-2-6-16(17)19(24)21-11-15-5-4-9-27-15/h2-10,12H,11,13H2,1H3,(H,21,24). The maximum atomic E-state index is 12.5. The van der Waals surface area contributed by atoms with Gasteiger partial charge in [0.05, 0.1) is 35.9 Å². The third kappa shape index (κ3) is 4.47. The number of furan rings is 2. The largest absolute Gasteiger partial charge is 0.472 e. The van der Waals surface area contributed by atoms with Gasteiger partial charge in [-0.05, 0) is 30.3 Å². The van der Waals surface area contributed by atoms with Gasteiger partial charge < -0.3 is 23.8 Å². The Morgan fingerprint density at radius 3 is 2.61 bits per heavy atom. The second kappa shape index (κ2) is 8.72. The van der Waals surface area contributed by atoms with Crippen LogP contribution in [0.2, 0.25) is 0 Å². The molecule has 0 aliphatic rings. The number of para-hydroxylation sites is 1. The molecule has 0 aliphatic carbocycles. The SMILES string of the molecule is CN(C(=O)COC(=O)c1ccoc1)c1ccccc1C(=O)NCc1ccco1. The van der Waals surface area contributed by atoms with Crippen molar-refractivity contribution in [3.05, 3.63) is 78.1 Å². The monoisotopic (exact) mass is 382 g/mol. The zero-order valence-electron chi connectivity index (χ0n) is 15.1. The smallest absolute Gasteiger partial charge is 0.341 e. The average Bonchev–Trinajstić information content (AvgIpc) is 3.43. The van der Waals surface area contributed by atoms with E-state index in [1.165, 1.54) is 36.8 Å². The molecule has 0 saturated heterocycles.